The summed E-state index contributed by atoms with van der Waals surface area (Å²) in [6.07, 6.45) is 3.45. The average molecular weight is 195 g/mol. The van der Waals surface area contributed by atoms with Gasteiger partial charge >= 0.3 is 0 Å². The molecular formula is C11H17NO2. The van der Waals surface area contributed by atoms with Crippen molar-refractivity contribution in [3.8, 4) is 0 Å². The summed E-state index contributed by atoms with van der Waals surface area (Å²) in [5, 5.41) is 3.30. The normalized spacial score (nSPS) is 32.2. The van der Waals surface area contributed by atoms with Crippen molar-refractivity contribution >= 4 is 5.78 Å². The molecule has 0 aromatic carbocycles. The van der Waals surface area contributed by atoms with Crippen molar-refractivity contribution in [2.24, 2.45) is 11.8 Å². The minimum atomic E-state index is 0.173. The minimum absolute atomic E-state index is 0.173. The van der Waals surface area contributed by atoms with Crippen LogP contribution in [0.25, 0.3) is 0 Å². The molecule has 2 aliphatic heterocycles. The highest BCUT2D eigenvalue weighted by molar-refractivity contribution is 5.97. The molecule has 2 aliphatic rings. The molecular weight excluding hydrogens is 178 g/mol. The van der Waals surface area contributed by atoms with Crippen molar-refractivity contribution in [3.63, 3.8) is 0 Å². The number of hydrogen-bond acceptors (Lipinski definition) is 3. The van der Waals surface area contributed by atoms with E-state index in [2.05, 4.69) is 12.2 Å². The number of rotatable bonds is 2. The monoisotopic (exact) mass is 195 g/mol. The quantitative estimate of drug-likeness (QED) is 0.717. The van der Waals surface area contributed by atoms with E-state index in [4.69, 9.17) is 4.74 Å². The van der Waals surface area contributed by atoms with Gasteiger partial charge in [0.2, 0.25) is 0 Å². The first kappa shape index (κ1) is 9.71. The lowest BCUT2D eigenvalue weighted by Gasteiger charge is -2.26. The third kappa shape index (κ3) is 1.98. The van der Waals surface area contributed by atoms with Gasteiger partial charge in [0.1, 0.15) is 0 Å². The van der Waals surface area contributed by atoms with E-state index in [9.17, 15) is 4.79 Å². The highest BCUT2D eigenvalue weighted by Gasteiger charge is 2.28. The Balaban J connectivity index is 1.96. The van der Waals surface area contributed by atoms with Crippen molar-refractivity contribution in [2.75, 3.05) is 19.7 Å². The summed E-state index contributed by atoms with van der Waals surface area (Å²) >= 11 is 0. The standard InChI is InChI=1S/C11H17NO2/c1-8-4-10(6-12-5-8)11(13)9-2-3-14-7-9/h7-8,10,12H,2-6H2,1H3. The summed E-state index contributed by atoms with van der Waals surface area (Å²) in [5.41, 5.74) is 0.880. The van der Waals surface area contributed by atoms with Crippen LogP contribution in [0.4, 0.5) is 0 Å². The van der Waals surface area contributed by atoms with Gasteiger partial charge in [0, 0.05) is 24.5 Å². The maximum absolute atomic E-state index is 12.0. The molecule has 0 amide bonds. The van der Waals surface area contributed by atoms with Crippen LogP contribution < -0.4 is 5.32 Å². The van der Waals surface area contributed by atoms with Gasteiger partial charge in [0.05, 0.1) is 12.9 Å². The number of carbonyl (C=O) groups is 1. The molecule has 0 aromatic heterocycles. The molecule has 78 valence electrons. The van der Waals surface area contributed by atoms with Crippen LogP contribution in [0.3, 0.4) is 0 Å². The molecule has 1 N–H and O–H groups in total. The Morgan fingerprint density at radius 2 is 2.43 bits per heavy atom. The maximum Gasteiger partial charge on any atom is 0.166 e. The molecule has 3 nitrogen and oxygen atoms in total. The van der Waals surface area contributed by atoms with E-state index in [0.29, 0.717) is 18.3 Å². The van der Waals surface area contributed by atoms with Crippen molar-refractivity contribution in [2.45, 2.75) is 19.8 Å². The zero-order valence-electron chi connectivity index (χ0n) is 8.58. The van der Waals surface area contributed by atoms with E-state index in [1.54, 1.807) is 6.26 Å². The van der Waals surface area contributed by atoms with Gasteiger partial charge in [-0.1, -0.05) is 6.92 Å². The van der Waals surface area contributed by atoms with Crippen molar-refractivity contribution in [1.82, 2.24) is 5.32 Å². The molecule has 3 heteroatoms. The zero-order chi connectivity index (χ0) is 9.97. The summed E-state index contributed by atoms with van der Waals surface area (Å²) in [5.74, 6) is 1.08. The zero-order valence-corrected chi connectivity index (χ0v) is 8.58. The number of carbonyl (C=O) groups excluding carboxylic acids is 1. The molecule has 0 aliphatic carbocycles. The molecule has 2 atom stereocenters. The Bertz CT molecular complexity index is 260. The predicted octanol–water partition coefficient (Wildman–Crippen LogP) is 1.11. The second kappa shape index (κ2) is 4.13. The molecule has 0 spiro atoms. The van der Waals surface area contributed by atoms with E-state index in [1.165, 1.54) is 0 Å². The molecule has 0 saturated carbocycles. The number of ketones is 1. The van der Waals surface area contributed by atoms with Gasteiger partial charge < -0.3 is 10.1 Å². The first-order valence-corrected chi connectivity index (χ1v) is 5.33. The fourth-order valence-corrected chi connectivity index (χ4v) is 2.19. The van der Waals surface area contributed by atoms with Crippen molar-refractivity contribution in [3.05, 3.63) is 11.8 Å². The largest absolute Gasteiger partial charge is 0.500 e. The molecule has 2 heterocycles. The summed E-state index contributed by atoms with van der Waals surface area (Å²) in [4.78, 5) is 12.0. The third-order valence-electron chi connectivity index (χ3n) is 2.97. The van der Waals surface area contributed by atoms with E-state index in [1.807, 2.05) is 0 Å². The Labute approximate surface area is 84.5 Å². The smallest absolute Gasteiger partial charge is 0.166 e. The summed E-state index contributed by atoms with van der Waals surface area (Å²) in [6.45, 7) is 4.74. The van der Waals surface area contributed by atoms with E-state index in [0.717, 1.165) is 31.5 Å². The second-order valence-electron chi connectivity index (χ2n) is 4.32. The molecule has 0 bridgehead atoms. The average Bonchev–Trinajstić information content (AvgIpc) is 2.69. The van der Waals surface area contributed by atoms with Crippen LogP contribution in [0.15, 0.2) is 11.8 Å². The van der Waals surface area contributed by atoms with Crippen LogP contribution in [-0.2, 0) is 9.53 Å². The van der Waals surface area contributed by atoms with Crippen LogP contribution in [0.1, 0.15) is 19.8 Å². The van der Waals surface area contributed by atoms with E-state index in [-0.39, 0.29) is 5.92 Å². The Hall–Kier alpha value is -0.830. The van der Waals surface area contributed by atoms with Gasteiger partial charge in [-0.15, -0.1) is 0 Å². The number of ether oxygens (including phenoxy) is 1. The Kier molecular flexibility index (Phi) is 2.87. The molecule has 0 radical (unpaired) electrons. The van der Waals surface area contributed by atoms with Crippen LogP contribution in [0, 0.1) is 11.8 Å². The molecule has 2 rings (SSSR count). The highest BCUT2D eigenvalue weighted by atomic mass is 16.5. The van der Waals surface area contributed by atoms with Gasteiger partial charge in [0.25, 0.3) is 0 Å². The van der Waals surface area contributed by atoms with Crippen LogP contribution in [-0.4, -0.2) is 25.5 Å². The van der Waals surface area contributed by atoms with Gasteiger partial charge in [-0.25, -0.2) is 0 Å². The second-order valence-corrected chi connectivity index (χ2v) is 4.32. The molecule has 14 heavy (non-hydrogen) atoms. The SMILES string of the molecule is CC1CNCC(C(=O)C2=COCC2)C1. The lowest BCUT2D eigenvalue weighted by atomic mass is 9.86. The Morgan fingerprint density at radius 3 is 3.07 bits per heavy atom. The third-order valence-corrected chi connectivity index (χ3v) is 2.97. The predicted molar refractivity (Wildman–Crippen MR) is 53.8 cm³/mol. The van der Waals surface area contributed by atoms with Crippen LogP contribution in [0.5, 0.6) is 0 Å². The van der Waals surface area contributed by atoms with Crippen LogP contribution >= 0.6 is 0 Å². The number of piperidine rings is 1. The number of hydrogen-bond donors (Lipinski definition) is 1. The Morgan fingerprint density at radius 1 is 1.57 bits per heavy atom. The summed E-state index contributed by atoms with van der Waals surface area (Å²) in [7, 11) is 0. The van der Waals surface area contributed by atoms with Crippen molar-refractivity contribution < 1.29 is 9.53 Å². The van der Waals surface area contributed by atoms with Gasteiger partial charge in [-0.3, -0.25) is 4.79 Å². The lowest BCUT2D eigenvalue weighted by molar-refractivity contribution is -0.120. The number of Topliss-reactive ketones (excluding diaryl/α,β-unsaturated/α-hetero) is 1. The fourth-order valence-electron chi connectivity index (χ4n) is 2.19. The van der Waals surface area contributed by atoms with Crippen LogP contribution in [0.2, 0.25) is 0 Å². The molecule has 1 saturated heterocycles. The molecule has 0 aromatic rings. The fraction of sp³-hybridized carbons (Fsp3) is 0.727. The first-order valence-electron chi connectivity index (χ1n) is 5.33. The molecule has 1 fully saturated rings. The van der Waals surface area contributed by atoms with E-state index >= 15 is 0 Å². The van der Waals surface area contributed by atoms with Gasteiger partial charge in [0.15, 0.2) is 5.78 Å². The maximum atomic E-state index is 12.0. The topological polar surface area (TPSA) is 38.3 Å². The number of nitrogens with one attached hydrogen (secondary N) is 1. The first-order chi connectivity index (χ1) is 6.77. The lowest BCUT2D eigenvalue weighted by Crippen LogP contribution is -2.39. The van der Waals surface area contributed by atoms with Crippen molar-refractivity contribution in [1.29, 1.82) is 0 Å². The van der Waals surface area contributed by atoms with E-state index < -0.39 is 0 Å². The minimum Gasteiger partial charge on any atom is -0.500 e. The summed E-state index contributed by atoms with van der Waals surface area (Å²) in [6, 6.07) is 0. The van der Waals surface area contributed by atoms with Gasteiger partial charge in [-0.05, 0) is 18.9 Å². The highest BCUT2D eigenvalue weighted by Crippen LogP contribution is 2.23. The molecule has 2 unspecified atom stereocenters. The summed E-state index contributed by atoms with van der Waals surface area (Å²) < 4.78 is 5.09. The van der Waals surface area contributed by atoms with Gasteiger partial charge in [-0.2, -0.15) is 0 Å².